The Kier molecular flexibility index (Phi) is 5.89. The van der Waals surface area contributed by atoms with Gasteiger partial charge in [0.2, 0.25) is 5.91 Å². The van der Waals surface area contributed by atoms with E-state index in [4.69, 9.17) is 5.73 Å². The van der Waals surface area contributed by atoms with Crippen molar-refractivity contribution in [2.75, 3.05) is 13.1 Å². The molecule has 0 radical (unpaired) electrons. The van der Waals surface area contributed by atoms with E-state index in [1.54, 1.807) is 12.4 Å². The SMILES string of the molecule is NC(=O)N(C1CCCCC1)C1CCN(C(=O)Cc2cccnc2)CC1. The predicted octanol–water partition coefficient (Wildman–Crippen LogP) is 2.33. The van der Waals surface area contributed by atoms with Crippen molar-refractivity contribution in [2.45, 2.75) is 63.5 Å². The second-order valence-corrected chi connectivity index (χ2v) is 7.19. The average molecular weight is 344 g/mol. The van der Waals surface area contributed by atoms with Gasteiger partial charge in [-0.1, -0.05) is 25.3 Å². The summed E-state index contributed by atoms with van der Waals surface area (Å²) in [6.07, 6.45) is 11.2. The molecule has 136 valence electrons. The molecule has 3 amide bonds. The van der Waals surface area contributed by atoms with Crippen molar-refractivity contribution in [2.24, 2.45) is 5.73 Å². The van der Waals surface area contributed by atoms with Crippen LogP contribution in [0.25, 0.3) is 0 Å². The van der Waals surface area contributed by atoms with Crippen molar-refractivity contribution < 1.29 is 9.59 Å². The molecule has 2 heterocycles. The molecule has 0 aromatic carbocycles. The number of pyridine rings is 1. The molecular weight excluding hydrogens is 316 g/mol. The number of carbonyl (C=O) groups is 2. The van der Waals surface area contributed by atoms with Gasteiger partial charge >= 0.3 is 6.03 Å². The third kappa shape index (κ3) is 4.50. The monoisotopic (exact) mass is 344 g/mol. The van der Waals surface area contributed by atoms with Gasteiger partial charge in [-0.15, -0.1) is 0 Å². The second kappa shape index (κ2) is 8.32. The molecule has 2 aliphatic rings. The number of nitrogens with zero attached hydrogens (tertiary/aromatic N) is 3. The zero-order valence-electron chi connectivity index (χ0n) is 14.8. The van der Waals surface area contributed by atoms with Crippen LogP contribution in [0.2, 0.25) is 0 Å². The Bertz CT molecular complexity index is 578. The summed E-state index contributed by atoms with van der Waals surface area (Å²) >= 11 is 0. The van der Waals surface area contributed by atoms with Gasteiger partial charge in [-0.25, -0.2) is 4.79 Å². The maximum atomic E-state index is 12.5. The van der Waals surface area contributed by atoms with E-state index in [2.05, 4.69) is 4.98 Å². The molecule has 6 nitrogen and oxygen atoms in total. The highest BCUT2D eigenvalue weighted by Gasteiger charge is 2.33. The second-order valence-electron chi connectivity index (χ2n) is 7.19. The van der Waals surface area contributed by atoms with Crippen molar-refractivity contribution in [3.63, 3.8) is 0 Å². The Balaban J connectivity index is 1.54. The van der Waals surface area contributed by atoms with Gasteiger partial charge in [0.15, 0.2) is 0 Å². The van der Waals surface area contributed by atoms with Crippen LogP contribution in [0.5, 0.6) is 0 Å². The fourth-order valence-electron chi connectivity index (χ4n) is 4.20. The van der Waals surface area contributed by atoms with Crippen LogP contribution < -0.4 is 5.73 Å². The van der Waals surface area contributed by atoms with Gasteiger partial charge in [-0.05, 0) is 37.3 Å². The maximum Gasteiger partial charge on any atom is 0.315 e. The van der Waals surface area contributed by atoms with Crippen LogP contribution >= 0.6 is 0 Å². The van der Waals surface area contributed by atoms with Gasteiger partial charge in [-0.2, -0.15) is 0 Å². The van der Waals surface area contributed by atoms with Crippen LogP contribution in [0.4, 0.5) is 4.79 Å². The van der Waals surface area contributed by atoms with E-state index in [0.717, 1.165) is 31.2 Å². The zero-order chi connectivity index (χ0) is 17.6. The molecule has 3 rings (SSSR count). The van der Waals surface area contributed by atoms with Crippen LogP contribution in [0.3, 0.4) is 0 Å². The standard InChI is InChI=1S/C19H28N4O2/c20-19(25)23(16-6-2-1-3-7-16)17-8-11-22(12-9-17)18(24)13-15-5-4-10-21-14-15/h4-5,10,14,16-17H,1-3,6-9,11-13H2,(H2,20,25). The minimum atomic E-state index is -0.299. The normalized spacial score (nSPS) is 19.6. The number of rotatable bonds is 4. The summed E-state index contributed by atoms with van der Waals surface area (Å²) in [5, 5.41) is 0. The first-order valence-electron chi connectivity index (χ1n) is 9.39. The molecule has 1 aliphatic heterocycles. The van der Waals surface area contributed by atoms with E-state index in [-0.39, 0.29) is 24.0 Å². The van der Waals surface area contributed by atoms with Crippen molar-refractivity contribution >= 4 is 11.9 Å². The number of hydrogen-bond donors (Lipinski definition) is 1. The molecule has 1 saturated heterocycles. The first kappa shape index (κ1) is 17.7. The van der Waals surface area contributed by atoms with Crippen molar-refractivity contribution in [1.29, 1.82) is 0 Å². The van der Waals surface area contributed by atoms with Gasteiger partial charge in [-0.3, -0.25) is 9.78 Å². The summed E-state index contributed by atoms with van der Waals surface area (Å²) in [5.41, 5.74) is 6.63. The number of nitrogens with two attached hydrogens (primary N) is 1. The van der Waals surface area contributed by atoms with Crippen LogP contribution in [0, 0.1) is 0 Å². The van der Waals surface area contributed by atoms with E-state index in [1.807, 2.05) is 21.9 Å². The molecule has 1 aliphatic carbocycles. The topological polar surface area (TPSA) is 79.5 Å². The average Bonchev–Trinajstić information content (AvgIpc) is 2.64. The van der Waals surface area contributed by atoms with E-state index in [1.165, 1.54) is 19.3 Å². The summed E-state index contributed by atoms with van der Waals surface area (Å²) < 4.78 is 0. The predicted molar refractivity (Wildman–Crippen MR) is 95.8 cm³/mol. The molecule has 0 atom stereocenters. The minimum Gasteiger partial charge on any atom is -0.351 e. The minimum absolute atomic E-state index is 0.134. The van der Waals surface area contributed by atoms with E-state index < -0.39 is 0 Å². The molecule has 2 N–H and O–H groups in total. The van der Waals surface area contributed by atoms with Crippen molar-refractivity contribution in [1.82, 2.24) is 14.8 Å². The first-order chi connectivity index (χ1) is 12.1. The molecule has 0 unspecified atom stereocenters. The highest BCUT2D eigenvalue weighted by molar-refractivity contribution is 5.79. The molecule has 1 saturated carbocycles. The van der Waals surface area contributed by atoms with Crippen LogP contribution in [-0.4, -0.2) is 51.9 Å². The lowest BCUT2D eigenvalue weighted by Crippen LogP contribution is -2.54. The summed E-state index contributed by atoms with van der Waals surface area (Å²) in [6, 6.07) is 3.93. The van der Waals surface area contributed by atoms with E-state index >= 15 is 0 Å². The first-order valence-corrected chi connectivity index (χ1v) is 9.39. The number of likely N-dealkylation sites (tertiary alicyclic amines) is 1. The Morgan fingerprint density at radius 3 is 2.40 bits per heavy atom. The molecule has 0 spiro atoms. The number of hydrogen-bond acceptors (Lipinski definition) is 3. The zero-order valence-corrected chi connectivity index (χ0v) is 14.8. The Labute approximate surface area is 149 Å². The van der Waals surface area contributed by atoms with E-state index in [0.29, 0.717) is 19.5 Å². The number of amides is 3. The molecule has 6 heteroatoms. The van der Waals surface area contributed by atoms with Gasteiger partial charge in [0, 0.05) is 37.6 Å². The smallest absolute Gasteiger partial charge is 0.315 e. The molecule has 0 bridgehead atoms. The van der Waals surface area contributed by atoms with Crippen molar-refractivity contribution in [3.8, 4) is 0 Å². The lowest BCUT2D eigenvalue weighted by molar-refractivity contribution is -0.132. The molecular formula is C19H28N4O2. The number of piperidine rings is 1. The highest BCUT2D eigenvalue weighted by atomic mass is 16.2. The van der Waals surface area contributed by atoms with Crippen LogP contribution in [-0.2, 0) is 11.2 Å². The van der Waals surface area contributed by atoms with Gasteiger partial charge in [0.1, 0.15) is 0 Å². The van der Waals surface area contributed by atoms with Crippen LogP contribution in [0.15, 0.2) is 24.5 Å². The summed E-state index contributed by atoms with van der Waals surface area (Å²) in [5.74, 6) is 0.134. The lowest BCUT2D eigenvalue weighted by atomic mass is 9.91. The van der Waals surface area contributed by atoms with Gasteiger partial charge in [0.25, 0.3) is 0 Å². The number of primary amides is 1. The highest BCUT2D eigenvalue weighted by Crippen LogP contribution is 2.27. The largest absolute Gasteiger partial charge is 0.351 e. The number of urea groups is 1. The molecule has 1 aromatic rings. The fraction of sp³-hybridized carbons (Fsp3) is 0.632. The number of aromatic nitrogens is 1. The molecule has 2 fully saturated rings. The van der Waals surface area contributed by atoms with Crippen LogP contribution in [0.1, 0.15) is 50.5 Å². The third-order valence-electron chi connectivity index (χ3n) is 5.51. The lowest BCUT2D eigenvalue weighted by Gasteiger charge is -2.42. The Hall–Kier alpha value is -2.11. The van der Waals surface area contributed by atoms with Crippen molar-refractivity contribution in [3.05, 3.63) is 30.1 Å². The maximum absolute atomic E-state index is 12.5. The Morgan fingerprint density at radius 1 is 1.12 bits per heavy atom. The summed E-state index contributed by atoms with van der Waals surface area (Å²) in [4.78, 5) is 32.4. The molecule has 1 aromatic heterocycles. The number of carbonyl (C=O) groups excluding carboxylic acids is 2. The summed E-state index contributed by atoms with van der Waals surface area (Å²) in [6.45, 7) is 1.39. The third-order valence-corrected chi connectivity index (χ3v) is 5.51. The van der Waals surface area contributed by atoms with Gasteiger partial charge in [0.05, 0.1) is 6.42 Å². The van der Waals surface area contributed by atoms with Gasteiger partial charge < -0.3 is 15.5 Å². The Morgan fingerprint density at radius 2 is 1.80 bits per heavy atom. The molecule has 25 heavy (non-hydrogen) atoms. The fourth-order valence-corrected chi connectivity index (χ4v) is 4.20. The van der Waals surface area contributed by atoms with E-state index in [9.17, 15) is 9.59 Å². The summed E-state index contributed by atoms with van der Waals surface area (Å²) in [7, 11) is 0. The quantitative estimate of drug-likeness (QED) is 0.910.